The minimum Gasteiger partial charge on any atom is -0.342 e. The molecule has 202 valence electrons. The van der Waals surface area contributed by atoms with Gasteiger partial charge in [0.2, 0.25) is 5.95 Å². The molecular formula is C27H24ClF3N6O2. The third-order valence-electron chi connectivity index (χ3n) is 6.68. The molecule has 4 aromatic rings. The first-order valence-corrected chi connectivity index (χ1v) is 12.5. The van der Waals surface area contributed by atoms with Gasteiger partial charge in [-0.3, -0.25) is 9.59 Å². The van der Waals surface area contributed by atoms with E-state index >= 15 is 0 Å². The van der Waals surface area contributed by atoms with Crippen molar-refractivity contribution in [2.45, 2.75) is 25.9 Å². The summed E-state index contributed by atoms with van der Waals surface area (Å²) in [6.45, 7) is 3.32. The summed E-state index contributed by atoms with van der Waals surface area (Å²) in [6.07, 6.45) is -2.77. The van der Waals surface area contributed by atoms with E-state index in [0.29, 0.717) is 38.3 Å². The number of benzene rings is 3. The number of amides is 2. The lowest BCUT2D eigenvalue weighted by Crippen LogP contribution is -2.38. The predicted molar refractivity (Wildman–Crippen MR) is 144 cm³/mol. The number of aromatic nitrogens is 2. The summed E-state index contributed by atoms with van der Waals surface area (Å²) in [6, 6.07) is 12.3. The van der Waals surface area contributed by atoms with Crippen molar-refractivity contribution in [3.8, 4) is 0 Å². The zero-order valence-corrected chi connectivity index (χ0v) is 21.5. The van der Waals surface area contributed by atoms with Crippen LogP contribution in [-0.2, 0) is 6.18 Å². The lowest BCUT2D eigenvalue weighted by molar-refractivity contribution is -0.137. The van der Waals surface area contributed by atoms with Gasteiger partial charge in [-0.15, -0.1) is 0 Å². The molecule has 0 radical (unpaired) electrons. The van der Waals surface area contributed by atoms with E-state index < -0.39 is 29.1 Å². The van der Waals surface area contributed by atoms with Gasteiger partial charge in [-0.1, -0.05) is 29.8 Å². The number of anilines is 3. The summed E-state index contributed by atoms with van der Waals surface area (Å²) in [7, 11) is 0. The number of imidazole rings is 1. The van der Waals surface area contributed by atoms with Gasteiger partial charge in [0.25, 0.3) is 11.8 Å². The van der Waals surface area contributed by atoms with E-state index in [4.69, 9.17) is 17.4 Å². The lowest BCUT2D eigenvalue weighted by Gasteiger charge is -2.20. The third-order valence-corrected chi connectivity index (χ3v) is 7.09. The molecule has 0 atom stereocenters. The first-order valence-electron chi connectivity index (χ1n) is 12.1. The summed E-state index contributed by atoms with van der Waals surface area (Å²) in [5.74, 6) is 5.00. The first-order chi connectivity index (χ1) is 18.5. The molecule has 1 aliphatic rings. The smallest absolute Gasteiger partial charge is 0.342 e. The molecule has 0 saturated carbocycles. The number of rotatable bonds is 5. The van der Waals surface area contributed by atoms with Crippen LogP contribution in [-0.4, -0.2) is 34.9 Å². The molecule has 0 unspecified atom stereocenters. The summed E-state index contributed by atoms with van der Waals surface area (Å²) < 4.78 is 40.7. The van der Waals surface area contributed by atoms with Crippen molar-refractivity contribution in [2.24, 2.45) is 5.84 Å². The number of carbonyl (C=O) groups is 2. The Hall–Kier alpha value is -4.09. The Morgan fingerprint density at radius 2 is 1.79 bits per heavy atom. The van der Waals surface area contributed by atoms with Crippen LogP contribution in [0.5, 0.6) is 0 Å². The van der Waals surface area contributed by atoms with Crippen molar-refractivity contribution in [2.75, 3.05) is 28.3 Å². The molecule has 2 amide bonds. The average Bonchev–Trinajstić information content (AvgIpc) is 3.59. The molecule has 1 aromatic heterocycles. The van der Waals surface area contributed by atoms with Gasteiger partial charge < -0.3 is 15.2 Å². The summed E-state index contributed by atoms with van der Waals surface area (Å²) >= 11 is 6.20. The Balaban J connectivity index is 1.59. The number of fused-ring (bicyclic) bond motifs is 1. The SMILES string of the molecule is Cc1c(Cl)cccc1NC(=O)c1cc(N(N)C(=O)c2ccccc2C(F)(F)F)cc2[nH]c(N3CCCC3)nc12. The maximum absolute atomic E-state index is 13.6. The summed E-state index contributed by atoms with van der Waals surface area (Å²) in [4.78, 5) is 36.5. The van der Waals surface area contributed by atoms with E-state index in [-0.39, 0.29) is 11.3 Å². The van der Waals surface area contributed by atoms with Crippen LogP contribution in [0.2, 0.25) is 5.02 Å². The summed E-state index contributed by atoms with van der Waals surface area (Å²) in [5.41, 5.74) is 0.212. The second-order valence-corrected chi connectivity index (χ2v) is 9.64. The molecule has 0 bridgehead atoms. The average molecular weight is 557 g/mol. The number of H-pyrrole nitrogens is 1. The molecule has 0 aliphatic carbocycles. The molecule has 4 N–H and O–H groups in total. The van der Waals surface area contributed by atoms with Gasteiger partial charge in [0.1, 0.15) is 5.52 Å². The number of alkyl halides is 3. The van der Waals surface area contributed by atoms with Crippen LogP contribution in [0.3, 0.4) is 0 Å². The van der Waals surface area contributed by atoms with Crippen LogP contribution in [0.25, 0.3) is 11.0 Å². The molecule has 1 fully saturated rings. The van der Waals surface area contributed by atoms with E-state index in [0.717, 1.165) is 38.1 Å². The lowest BCUT2D eigenvalue weighted by atomic mass is 10.1. The van der Waals surface area contributed by atoms with Gasteiger partial charge in [-0.2, -0.15) is 13.2 Å². The van der Waals surface area contributed by atoms with Crippen LogP contribution >= 0.6 is 11.6 Å². The van der Waals surface area contributed by atoms with Gasteiger partial charge in [-0.25, -0.2) is 15.8 Å². The fraction of sp³-hybridized carbons (Fsp3) is 0.222. The van der Waals surface area contributed by atoms with Gasteiger partial charge >= 0.3 is 6.18 Å². The maximum Gasteiger partial charge on any atom is 0.417 e. The number of nitrogens with zero attached hydrogens (tertiary/aromatic N) is 3. The predicted octanol–water partition coefficient (Wildman–Crippen LogP) is 5.92. The van der Waals surface area contributed by atoms with Crippen molar-refractivity contribution in [3.63, 3.8) is 0 Å². The normalized spacial score (nSPS) is 13.6. The number of aromatic amines is 1. The van der Waals surface area contributed by atoms with E-state index in [1.54, 1.807) is 25.1 Å². The fourth-order valence-electron chi connectivity index (χ4n) is 4.58. The molecule has 3 aromatic carbocycles. The number of hydrazine groups is 1. The number of carbonyl (C=O) groups excluding carboxylic acids is 2. The van der Waals surface area contributed by atoms with Crippen molar-refractivity contribution >= 4 is 51.8 Å². The zero-order chi connectivity index (χ0) is 27.9. The standard InChI is InChI=1S/C27H24ClF3N6O2/c1-15-20(28)9-6-10-21(15)33-24(38)18-13-16(14-22-23(18)35-26(34-22)36-11-4-5-12-36)37(32)25(39)17-7-2-3-8-19(17)27(29,30)31/h2-3,6-10,13-14H,4-5,11-12,32H2,1H3,(H,33,38)(H,34,35). The van der Waals surface area contributed by atoms with Crippen molar-refractivity contribution < 1.29 is 22.8 Å². The van der Waals surface area contributed by atoms with Crippen LogP contribution in [0.4, 0.5) is 30.5 Å². The van der Waals surface area contributed by atoms with Gasteiger partial charge in [-0.05, 0) is 61.7 Å². The van der Waals surface area contributed by atoms with Crippen molar-refractivity contribution in [1.29, 1.82) is 0 Å². The van der Waals surface area contributed by atoms with Gasteiger partial charge in [0, 0.05) is 23.8 Å². The molecule has 1 saturated heterocycles. The molecule has 5 rings (SSSR count). The third kappa shape index (κ3) is 5.15. The highest BCUT2D eigenvalue weighted by molar-refractivity contribution is 6.31. The minimum atomic E-state index is -4.76. The van der Waals surface area contributed by atoms with Gasteiger partial charge in [0.05, 0.1) is 27.9 Å². The van der Waals surface area contributed by atoms with Crippen LogP contribution in [0.15, 0.2) is 54.6 Å². The highest BCUT2D eigenvalue weighted by Crippen LogP contribution is 2.34. The molecule has 1 aliphatic heterocycles. The zero-order valence-electron chi connectivity index (χ0n) is 20.8. The van der Waals surface area contributed by atoms with E-state index in [1.807, 2.05) is 4.90 Å². The maximum atomic E-state index is 13.6. The van der Waals surface area contributed by atoms with E-state index in [2.05, 4.69) is 15.3 Å². The highest BCUT2D eigenvalue weighted by Gasteiger charge is 2.36. The number of halogens is 4. The number of nitrogens with two attached hydrogens (primary N) is 1. The second kappa shape index (κ2) is 10.2. The monoisotopic (exact) mass is 556 g/mol. The largest absolute Gasteiger partial charge is 0.417 e. The van der Waals surface area contributed by atoms with Crippen molar-refractivity contribution in [1.82, 2.24) is 9.97 Å². The molecule has 39 heavy (non-hydrogen) atoms. The Kier molecular flexibility index (Phi) is 6.96. The molecule has 12 heteroatoms. The van der Waals surface area contributed by atoms with Crippen LogP contribution in [0, 0.1) is 6.92 Å². The second-order valence-electron chi connectivity index (χ2n) is 9.23. The van der Waals surface area contributed by atoms with E-state index in [1.165, 1.54) is 24.3 Å². The number of hydrogen-bond donors (Lipinski definition) is 3. The molecule has 8 nitrogen and oxygen atoms in total. The van der Waals surface area contributed by atoms with Crippen LogP contribution < -0.4 is 21.1 Å². The Labute approximate surface area is 226 Å². The Bertz CT molecular complexity index is 1580. The van der Waals surface area contributed by atoms with Crippen molar-refractivity contribution in [3.05, 3.63) is 81.9 Å². The Morgan fingerprint density at radius 3 is 2.51 bits per heavy atom. The van der Waals surface area contributed by atoms with E-state index in [9.17, 15) is 22.8 Å². The quantitative estimate of drug-likeness (QED) is 0.161. The number of hydrogen-bond acceptors (Lipinski definition) is 5. The minimum absolute atomic E-state index is 0.00839. The number of nitrogens with one attached hydrogen (secondary N) is 2. The molecule has 0 spiro atoms. The van der Waals surface area contributed by atoms with Crippen LogP contribution in [0.1, 0.15) is 44.7 Å². The first kappa shape index (κ1) is 26.5. The fourth-order valence-corrected chi connectivity index (χ4v) is 4.75. The Morgan fingerprint density at radius 1 is 1.08 bits per heavy atom. The molecular weight excluding hydrogens is 533 g/mol. The topological polar surface area (TPSA) is 107 Å². The summed E-state index contributed by atoms with van der Waals surface area (Å²) in [5, 5.41) is 3.87. The van der Waals surface area contributed by atoms with Gasteiger partial charge in [0.15, 0.2) is 0 Å². The highest BCUT2D eigenvalue weighted by atomic mass is 35.5. The molecule has 2 heterocycles.